The Morgan fingerprint density at radius 2 is 2.18 bits per heavy atom. The fourth-order valence-electron chi connectivity index (χ4n) is 2.23. The third-order valence-electron chi connectivity index (χ3n) is 3.23. The number of carbonyl (C=O) groups excluding carboxylic acids is 1. The highest BCUT2D eigenvalue weighted by Crippen LogP contribution is 2.17. The largest absolute Gasteiger partial charge is 0.385 e. The zero-order valence-corrected chi connectivity index (χ0v) is 10.2. The maximum atomic E-state index is 11.9. The summed E-state index contributed by atoms with van der Waals surface area (Å²) in [6.07, 6.45) is 6.07. The topological polar surface area (TPSA) is 58.4 Å². The van der Waals surface area contributed by atoms with E-state index in [1.807, 2.05) is 11.9 Å². The van der Waals surface area contributed by atoms with Gasteiger partial charge in [-0.05, 0) is 19.3 Å². The van der Waals surface area contributed by atoms with E-state index in [1.165, 1.54) is 6.42 Å². The van der Waals surface area contributed by atoms with Crippen molar-refractivity contribution in [2.24, 2.45) is 7.05 Å². The number of aromatic nitrogens is 2. The molecular weight excluding hydrogens is 218 g/mol. The van der Waals surface area contributed by atoms with Gasteiger partial charge >= 0.3 is 0 Å². The van der Waals surface area contributed by atoms with E-state index in [2.05, 4.69) is 4.98 Å². The summed E-state index contributed by atoms with van der Waals surface area (Å²) in [5.41, 5.74) is 0. The Labute approximate surface area is 101 Å². The van der Waals surface area contributed by atoms with Crippen LogP contribution in [0.3, 0.4) is 0 Å². The van der Waals surface area contributed by atoms with Crippen LogP contribution in [-0.2, 0) is 11.8 Å². The van der Waals surface area contributed by atoms with E-state index >= 15 is 0 Å². The van der Waals surface area contributed by atoms with Gasteiger partial charge in [-0.2, -0.15) is 0 Å². The number of likely N-dealkylation sites (tertiary alicyclic amines) is 1. The summed E-state index contributed by atoms with van der Waals surface area (Å²) in [4.78, 5) is 17.8. The predicted octanol–water partition coefficient (Wildman–Crippen LogP) is 0.856. The molecule has 1 aromatic heterocycles. The van der Waals surface area contributed by atoms with Gasteiger partial charge in [-0.15, -0.1) is 0 Å². The summed E-state index contributed by atoms with van der Waals surface area (Å²) in [6, 6.07) is 0. The Balaban J connectivity index is 1.92. The average Bonchev–Trinajstić information content (AvgIpc) is 2.76. The molecule has 1 saturated heterocycles. The van der Waals surface area contributed by atoms with Crippen LogP contribution in [0.5, 0.6) is 0 Å². The van der Waals surface area contributed by atoms with E-state index in [-0.39, 0.29) is 12.3 Å². The van der Waals surface area contributed by atoms with Gasteiger partial charge in [-0.1, -0.05) is 0 Å². The van der Waals surface area contributed by atoms with Gasteiger partial charge in [-0.3, -0.25) is 4.79 Å². The van der Waals surface area contributed by atoms with Gasteiger partial charge in [0.1, 0.15) is 11.9 Å². The Morgan fingerprint density at radius 1 is 1.47 bits per heavy atom. The molecule has 1 atom stereocenters. The number of imidazole rings is 1. The van der Waals surface area contributed by atoms with Crippen molar-refractivity contribution >= 4 is 5.91 Å². The predicted molar refractivity (Wildman–Crippen MR) is 63.2 cm³/mol. The minimum absolute atomic E-state index is 0.0280. The first kappa shape index (κ1) is 12.1. The van der Waals surface area contributed by atoms with Crippen LogP contribution in [0.15, 0.2) is 12.4 Å². The lowest BCUT2D eigenvalue weighted by Gasteiger charge is -2.27. The molecule has 0 aromatic carbocycles. The van der Waals surface area contributed by atoms with Crippen LogP contribution in [0.25, 0.3) is 0 Å². The lowest BCUT2D eigenvalue weighted by atomic mass is 10.1. The standard InChI is InChI=1S/C12H19N3O2/c1-14-8-5-13-12(14)10(16)9-11(17)15-6-3-2-4-7-15/h5,8,10,16H,2-4,6-7,9H2,1H3. The molecule has 0 radical (unpaired) electrons. The summed E-state index contributed by atoms with van der Waals surface area (Å²) in [5.74, 6) is 0.579. The summed E-state index contributed by atoms with van der Waals surface area (Å²) >= 11 is 0. The number of piperidine rings is 1. The third-order valence-corrected chi connectivity index (χ3v) is 3.23. The molecule has 17 heavy (non-hydrogen) atoms. The van der Waals surface area contributed by atoms with Crippen molar-refractivity contribution in [3.05, 3.63) is 18.2 Å². The molecule has 1 unspecified atom stereocenters. The molecule has 0 spiro atoms. The van der Waals surface area contributed by atoms with Crippen molar-refractivity contribution < 1.29 is 9.90 Å². The van der Waals surface area contributed by atoms with Gasteiger partial charge in [0.05, 0.1) is 6.42 Å². The summed E-state index contributed by atoms with van der Waals surface area (Å²) in [5, 5.41) is 9.96. The molecule has 1 N–H and O–H groups in total. The van der Waals surface area contributed by atoms with E-state index in [0.717, 1.165) is 25.9 Å². The Bertz CT molecular complexity index is 383. The summed E-state index contributed by atoms with van der Waals surface area (Å²) in [6.45, 7) is 1.65. The minimum atomic E-state index is -0.801. The lowest BCUT2D eigenvalue weighted by molar-refractivity contribution is -0.134. The van der Waals surface area contributed by atoms with E-state index in [0.29, 0.717) is 5.82 Å². The smallest absolute Gasteiger partial charge is 0.225 e. The zero-order valence-electron chi connectivity index (χ0n) is 10.2. The number of carbonyl (C=O) groups is 1. The van der Waals surface area contributed by atoms with Gasteiger partial charge < -0.3 is 14.6 Å². The van der Waals surface area contributed by atoms with Gasteiger partial charge in [0, 0.05) is 32.5 Å². The average molecular weight is 237 g/mol. The van der Waals surface area contributed by atoms with Gasteiger partial charge in [0.25, 0.3) is 0 Å². The van der Waals surface area contributed by atoms with Crippen molar-refractivity contribution in [2.75, 3.05) is 13.1 Å². The van der Waals surface area contributed by atoms with Gasteiger partial charge in [0.2, 0.25) is 5.91 Å². The van der Waals surface area contributed by atoms with Crippen LogP contribution >= 0.6 is 0 Å². The van der Waals surface area contributed by atoms with Gasteiger partial charge in [-0.25, -0.2) is 4.98 Å². The van der Waals surface area contributed by atoms with Crippen molar-refractivity contribution in [2.45, 2.75) is 31.8 Å². The number of aryl methyl sites for hydroxylation is 1. The van der Waals surface area contributed by atoms with Crippen LogP contribution < -0.4 is 0 Å². The number of aliphatic hydroxyl groups excluding tert-OH is 1. The molecule has 1 aromatic rings. The first-order valence-electron chi connectivity index (χ1n) is 6.11. The number of nitrogens with zero attached hydrogens (tertiary/aromatic N) is 3. The molecule has 2 heterocycles. The van der Waals surface area contributed by atoms with Crippen molar-refractivity contribution in [1.29, 1.82) is 0 Å². The van der Waals surface area contributed by atoms with Crippen LogP contribution in [0.4, 0.5) is 0 Å². The van der Waals surface area contributed by atoms with Crippen LogP contribution in [0.2, 0.25) is 0 Å². The minimum Gasteiger partial charge on any atom is -0.385 e. The first-order chi connectivity index (χ1) is 8.18. The van der Waals surface area contributed by atoms with Gasteiger partial charge in [0.15, 0.2) is 0 Å². The number of rotatable bonds is 3. The second-order valence-corrected chi connectivity index (χ2v) is 4.56. The molecule has 5 nitrogen and oxygen atoms in total. The van der Waals surface area contributed by atoms with Crippen molar-refractivity contribution in [1.82, 2.24) is 14.5 Å². The zero-order chi connectivity index (χ0) is 12.3. The summed E-state index contributed by atoms with van der Waals surface area (Å²) < 4.78 is 1.74. The molecule has 2 rings (SSSR count). The number of hydrogen-bond acceptors (Lipinski definition) is 3. The maximum Gasteiger partial charge on any atom is 0.225 e. The third kappa shape index (κ3) is 2.85. The number of amides is 1. The molecule has 0 aliphatic carbocycles. The monoisotopic (exact) mass is 237 g/mol. The highest BCUT2D eigenvalue weighted by molar-refractivity contribution is 5.76. The first-order valence-corrected chi connectivity index (χ1v) is 6.11. The number of hydrogen-bond donors (Lipinski definition) is 1. The SMILES string of the molecule is Cn1ccnc1C(O)CC(=O)N1CCCCC1. The maximum absolute atomic E-state index is 11.9. The van der Waals surface area contributed by atoms with Crippen LogP contribution in [-0.4, -0.2) is 38.6 Å². The highest BCUT2D eigenvalue weighted by Gasteiger charge is 2.22. The molecule has 0 bridgehead atoms. The van der Waals surface area contributed by atoms with Crippen LogP contribution in [0.1, 0.15) is 37.6 Å². The molecule has 0 saturated carbocycles. The summed E-state index contributed by atoms with van der Waals surface area (Å²) in [7, 11) is 1.82. The fourth-order valence-corrected chi connectivity index (χ4v) is 2.23. The Morgan fingerprint density at radius 3 is 2.76 bits per heavy atom. The molecule has 1 fully saturated rings. The number of aliphatic hydroxyl groups is 1. The highest BCUT2D eigenvalue weighted by atomic mass is 16.3. The molecule has 1 aliphatic rings. The molecule has 1 aliphatic heterocycles. The van der Waals surface area contributed by atoms with Crippen LogP contribution in [0, 0.1) is 0 Å². The van der Waals surface area contributed by atoms with Crippen molar-refractivity contribution in [3.63, 3.8) is 0 Å². The second-order valence-electron chi connectivity index (χ2n) is 4.56. The Hall–Kier alpha value is -1.36. The fraction of sp³-hybridized carbons (Fsp3) is 0.667. The molecular formula is C12H19N3O2. The second kappa shape index (κ2) is 5.31. The van der Waals surface area contributed by atoms with E-state index in [4.69, 9.17) is 0 Å². The molecule has 1 amide bonds. The van der Waals surface area contributed by atoms with E-state index < -0.39 is 6.10 Å². The van der Waals surface area contributed by atoms with E-state index in [1.54, 1.807) is 17.0 Å². The quantitative estimate of drug-likeness (QED) is 0.848. The lowest BCUT2D eigenvalue weighted by Crippen LogP contribution is -2.36. The normalized spacial score (nSPS) is 18.1. The Kier molecular flexibility index (Phi) is 3.78. The molecule has 94 valence electrons. The molecule has 5 heteroatoms. The van der Waals surface area contributed by atoms with E-state index in [9.17, 15) is 9.90 Å². The van der Waals surface area contributed by atoms with Crippen molar-refractivity contribution in [3.8, 4) is 0 Å².